The molecule has 0 aliphatic heterocycles. The van der Waals surface area contributed by atoms with Gasteiger partial charge in [-0.3, -0.25) is 4.79 Å². The van der Waals surface area contributed by atoms with Crippen LogP contribution in [0.5, 0.6) is 0 Å². The third-order valence-electron chi connectivity index (χ3n) is 5.49. The van der Waals surface area contributed by atoms with Crippen LogP contribution in [-0.2, 0) is 19.1 Å². The molecule has 31 heavy (non-hydrogen) atoms. The van der Waals surface area contributed by atoms with Crippen molar-refractivity contribution in [3.63, 3.8) is 0 Å². The van der Waals surface area contributed by atoms with Gasteiger partial charge in [0, 0.05) is 12.8 Å². The Bertz CT molecular complexity index is 463. The fourth-order valence-electron chi connectivity index (χ4n) is 3.50. The predicted molar refractivity (Wildman–Crippen MR) is 123 cm³/mol. The third kappa shape index (κ3) is 18.1. The molecule has 0 aromatic rings. The number of carboxylic acid groups (broad SMARTS) is 1. The van der Waals surface area contributed by atoms with Gasteiger partial charge in [-0.2, -0.15) is 0 Å². The summed E-state index contributed by atoms with van der Waals surface area (Å²) in [5.74, 6) is -1.15. The summed E-state index contributed by atoms with van der Waals surface area (Å²) < 4.78 is 10.8. The van der Waals surface area contributed by atoms with E-state index in [0.29, 0.717) is 17.3 Å². The van der Waals surface area contributed by atoms with E-state index in [2.05, 4.69) is 6.92 Å². The first-order chi connectivity index (χ1) is 14.7. The molecular formula is C24H48NO6+. The minimum absolute atomic E-state index is 0.0230. The molecule has 0 rings (SSSR count). The van der Waals surface area contributed by atoms with E-state index in [4.69, 9.17) is 9.47 Å². The molecule has 0 fully saturated rings. The number of carbonyl (C=O) groups excluding carboxylic acids is 1. The van der Waals surface area contributed by atoms with Gasteiger partial charge in [-0.1, -0.05) is 71.1 Å². The van der Waals surface area contributed by atoms with Crippen LogP contribution < -0.4 is 0 Å². The minimum Gasteiger partial charge on any atom is -0.477 e. The standard InChI is InChI=1S/C24H47NO6/c1-5-6-7-8-9-10-11-12-13-14-15-16-23(27)31-20-21(26)19-30-18-17-22(24(28)29)25(2,3)4/h21-22,26H,5-20H2,1-4H3/p+1. The van der Waals surface area contributed by atoms with E-state index in [9.17, 15) is 19.8 Å². The second kappa shape index (κ2) is 18.4. The van der Waals surface area contributed by atoms with E-state index in [1.165, 1.54) is 51.4 Å². The Balaban J connectivity index is 3.60. The quantitative estimate of drug-likeness (QED) is 0.156. The molecule has 0 aromatic heterocycles. The maximum absolute atomic E-state index is 11.8. The summed E-state index contributed by atoms with van der Waals surface area (Å²) in [5, 5.41) is 19.1. The molecule has 2 atom stereocenters. The van der Waals surface area contributed by atoms with Gasteiger partial charge in [0.05, 0.1) is 34.4 Å². The number of ether oxygens (including phenoxy) is 2. The Morgan fingerprint density at radius 3 is 1.84 bits per heavy atom. The van der Waals surface area contributed by atoms with Crippen LogP contribution in [0.3, 0.4) is 0 Å². The van der Waals surface area contributed by atoms with E-state index < -0.39 is 18.1 Å². The average molecular weight is 447 g/mol. The summed E-state index contributed by atoms with van der Waals surface area (Å²) >= 11 is 0. The molecule has 7 heteroatoms. The van der Waals surface area contributed by atoms with Crippen molar-refractivity contribution in [3.05, 3.63) is 0 Å². The van der Waals surface area contributed by atoms with Crippen LogP contribution in [0.25, 0.3) is 0 Å². The molecule has 2 unspecified atom stereocenters. The van der Waals surface area contributed by atoms with Crippen LogP contribution in [0.4, 0.5) is 0 Å². The molecule has 2 N–H and O–H groups in total. The summed E-state index contributed by atoms with van der Waals surface area (Å²) in [6.45, 7) is 2.40. The van der Waals surface area contributed by atoms with Crippen LogP contribution in [0, 0.1) is 0 Å². The summed E-state index contributed by atoms with van der Waals surface area (Å²) in [6.07, 6.45) is 13.4. The van der Waals surface area contributed by atoms with Crippen molar-refractivity contribution in [3.8, 4) is 0 Å². The van der Waals surface area contributed by atoms with Gasteiger partial charge >= 0.3 is 11.9 Å². The topological polar surface area (TPSA) is 93.1 Å². The number of quaternary nitrogens is 1. The molecule has 0 radical (unpaired) electrons. The number of likely N-dealkylation sites (N-methyl/N-ethyl adjacent to an activating group) is 1. The zero-order chi connectivity index (χ0) is 23.5. The van der Waals surface area contributed by atoms with Gasteiger partial charge in [-0.05, 0) is 6.42 Å². The van der Waals surface area contributed by atoms with E-state index >= 15 is 0 Å². The lowest BCUT2D eigenvalue weighted by Gasteiger charge is -2.31. The number of carbonyl (C=O) groups is 2. The van der Waals surface area contributed by atoms with E-state index in [-0.39, 0.29) is 25.8 Å². The van der Waals surface area contributed by atoms with Crippen molar-refractivity contribution in [2.45, 2.75) is 103 Å². The van der Waals surface area contributed by atoms with Crippen LogP contribution in [-0.4, -0.2) is 79.7 Å². The summed E-state index contributed by atoms with van der Waals surface area (Å²) in [4.78, 5) is 23.1. The van der Waals surface area contributed by atoms with Gasteiger partial charge in [-0.25, -0.2) is 4.79 Å². The molecule has 0 spiro atoms. The first-order valence-electron chi connectivity index (χ1n) is 12.1. The highest BCUT2D eigenvalue weighted by atomic mass is 16.5. The van der Waals surface area contributed by atoms with Crippen molar-refractivity contribution in [2.24, 2.45) is 0 Å². The smallest absolute Gasteiger partial charge is 0.362 e. The third-order valence-corrected chi connectivity index (χ3v) is 5.49. The maximum atomic E-state index is 11.8. The molecule has 0 heterocycles. The highest BCUT2D eigenvalue weighted by molar-refractivity contribution is 5.72. The van der Waals surface area contributed by atoms with Crippen molar-refractivity contribution in [1.82, 2.24) is 0 Å². The Morgan fingerprint density at radius 1 is 0.839 bits per heavy atom. The highest BCUT2D eigenvalue weighted by Gasteiger charge is 2.30. The van der Waals surface area contributed by atoms with Gasteiger partial charge in [0.1, 0.15) is 12.7 Å². The lowest BCUT2D eigenvalue weighted by molar-refractivity contribution is -0.887. The largest absolute Gasteiger partial charge is 0.477 e. The normalized spacial score (nSPS) is 13.7. The second-order valence-corrected chi connectivity index (χ2v) is 9.46. The number of aliphatic hydroxyl groups is 1. The van der Waals surface area contributed by atoms with Crippen molar-refractivity contribution in [2.75, 3.05) is 41.0 Å². The van der Waals surface area contributed by atoms with Gasteiger partial charge in [0.15, 0.2) is 6.04 Å². The lowest BCUT2D eigenvalue weighted by atomic mass is 10.1. The van der Waals surface area contributed by atoms with Gasteiger partial charge < -0.3 is 24.2 Å². The molecular weight excluding hydrogens is 398 g/mol. The zero-order valence-electron chi connectivity index (χ0n) is 20.4. The van der Waals surface area contributed by atoms with Crippen LogP contribution in [0.1, 0.15) is 90.4 Å². The number of esters is 1. The maximum Gasteiger partial charge on any atom is 0.362 e. The van der Waals surface area contributed by atoms with Crippen LogP contribution >= 0.6 is 0 Å². The van der Waals surface area contributed by atoms with Gasteiger partial charge in [0.25, 0.3) is 0 Å². The number of carboxylic acids is 1. The Kier molecular flexibility index (Phi) is 17.7. The van der Waals surface area contributed by atoms with Gasteiger partial charge in [-0.15, -0.1) is 0 Å². The van der Waals surface area contributed by atoms with E-state index in [0.717, 1.165) is 19.3 Å². The number of rotatable bonds is 21. The first-order valence-corrected chi connectivity index (χ1v) is 12.1. The predicted octanol–water partition coefficient (Wildman–Crippen LogP) is 4.16. The minimum atomic E-state index is -0.895. The van der Waals surface area contributed by atoms with Gasteiger partial charge in [0.2, 0.25) is 0 Å². The molecule has 0 aliphatic rings. The SMILES string of the molecule is CCCCCCCCCCCCCC(=O)OCC(O)COCCC(C(=O)O)[N+](C)(C)C. The molecule has 0 amide bonds. The monoisotopic (exact) mass is 446 g/mol. The van der Waals surface area contributed by atoms with Crippen LogP contribution in [0.2, 0.25) is 0 Å². The molecule has 0 saturated carbocycles. The second-order valence-electron chi connectivity index (χ2n) is 9.46. The number of nitrogens with zero attached hydrogens (tertiary/aromatic N) is 1. The Morgan fingerprint density at radius 2 is 1.35 bits per heavy atom. The Labute approximate surface area is 189 Å². The van der Waals surface area contributed by atoms with Crippen molar-refractivity contribution < 1.29 is 33.8 Å². The average Bonchev–Trinajstić information content (AvgIpc) is 2.69. The molecule has 0 bridgehead atoms. The molecule has 7 nitrogen and oxygen atoms in total. The lowest BCUT2D eigenvalue weighted by Crippen LogP contribution is -2.50. The zero-order valence-corrected chi connectivity index (χ0v) is 20.4. The Hall–Kier alpha value is -1.18. The summed E-state index contributed by atoms with van der Waals surface area (Å²) in [7, 11) is 5.47. The molecule has 184 valence electrons. The highest BCUT2D eigenvalue weighted by Crippen LogP contribution is 2.12. The molecule has 0 aromatic carbocycles. The number of unbranched alkanes of at least 4 members (excludes halogenated alkanes) is 10. The van der Waals surface area contributed by atoms with Crippen molar-refractivity contribution >= 4 is 11.9 Å². The number of hydrogen-bond acceptors (Lipinski definition) is 5. The molecule has 0 aliphatic carbocycles. The van der Waals surface area contributed by atoms with Crippen molar-refractivity contribution in [1.29, 1.82) is 0 Å². The summed E-state index contributed by atoms with van der Waals surface area (Å²) in [5.41, 5.74) is 0. The first kappa shape index (κ1) is 29.8. The molecule has 0 saturated heterocycles. The summed E-state index contributed by atoms with van der Waals surface area (Å²) in [6, 6.07) is -0.569. The number of aliphatic hydroxyl groups excluding tert-OH is 1. The van der Waals surface area contributed by atoms with E-state index in [1.807, 2.05) is 21.1 Å². The van der Waals surface area contributed by atoms with E-state index in [1.54, 1.807) is 0 Å². The van der Waals surface area contributed by atoms with Crippen LogP contribution in [0.15, 0.2) is 0 Å². The number of aliphatic carboxylic acids is 1. The fraction of sp³-hybridized carbons (Fsp3) is 0.917. The number of hydrogen-bond donors (Lipinski definition) is 2. The fourth-order valence-corrected chi connectivity index (χ4v) is 3.50.